The van der Waals surface area contributed by atoms with Crippen LogP contribution in [-0.4, -0.2) is 43.7 Å². The zero-order valence-corrected chi connectivity index (χ0v) is 13.4. The highest BCUT2D eigenvalue weighted by Crippen LogP contribution is 2.30. The van der Waals surface area contributed by atoms with Crippen LogP contribution < -0.4 is 5.32 Å². The molecule has 2 aliphatic rings. The smallest absolute Gasteiger partial charge is 0.314 e. The maximum Gasteiger partial charge on any atom is 0.314 e. The first kappa shape index (κ1) is 15.5. The maximum absolute atomic E-state index is 12.3. The Balaban J connectivity index is 1.74. The molecule has 2 heterocycles. The molecule has 0 saturated carbocycles. The first-order valence-corrected chi connectivity index (χ1v) is 8.45. The molecule has 0 amide bonds. The first-order valence-electron chi connectivity index (χ1n) is 8.45. The number of esters is 1. The van der Waals surface area contributed by atoms with E-state index >= 15 is 0 Å². The summed E-state index contributed by atoms with van der Waals surface area (Å²) in [4.78, 5) is 14.8. The second kappa shape index (κ2) is 7.25. The Morgan fingerprint density at radius 3 is 2.86 bits per heavy atom. The SMILES string of the molecule is CCOC(=O)C1CN(CC2CCNCC2)Cc2ccccc21. The minimum Gasteiger partial charge on any atom is -0.465 e. The normalized spacial score (nSPS) is 23.0. The van der Waals surface area contributed by atoms with Crippen LogP contribution in [0.2, 0.25) is 0 Å². The molecule has 1 aromatic rings. The summed E-state index contributed by atoms with van der Waals surface area (Å²) in [6.07, 6.45) is 2.48. The number of carbonyl (C=O) groups is 1. The molecule has 1 saturated heterocycles. The zero-order valence-electron chi connectivity index (χ0n) is 13.4. The highest BCUT2D eigenvalue weighted by Gasteiger charge is 2.32. The van der Waals surface area contributed by atoms with Crippen molar-refractivity contribution in [3.05, 3.63) is 35.4 Å². The van der Waals surface area contributed by atoms with Gasteiger partial charge in [0.1, 0.15) is 0 Å². The first-order chi connectivity index (χ1) is 10.8. The van der Waals surface area contributed by atoms with Gasteiger partial charge in [-0.25, -0.2) is 0 Å². The van der Waals surface area contributed by atoms with Gasteiger partial charge in [-0.3, -0.25) is 9.69 Å². The van der Waals surface area contributed by atoms with Gasteiger partial charge >= 0.3 is 5.97 Å². The van der Waals surface area contributed by atoms with E-state index in [0.29, 0.717) is 6.61 Å². The van der Waals surface area contributed by atoms with E-state index in [-0.39, 0.29) is 11.9 Å². The van der Waals surface area contributed by atoms with Crippen LogP contribution in [-0.2, 0) is 16.1 Å². The van der Waals surface area contributed by atoms with E-state index in [1.54, 1.807) is 0 Å². The van der Waals surface area contributed by atoms with E-state index in [1.807, 2.05) is 13.0 Å². The fraction of sp³-hybridized carbons (Fsp3) is 0.611. The lowest BCUT2D eigenvalue weighted by atomic mass is 9.88. The fourth-order valence-electron chi connectivity index (χ4n) is 3.69. The summed E-state index contributed by atoms with van der Waals surface area (Å²) in [5, 5.41) is 3.42. The molecule has 0 bridgehead atoms. The molecule has 4 heteroatoms. The summed E-state index contributed by atoms with van der Waals surface area (Å²) in [5.74, 6) is 0.533. The highest BCUT2D eigenvalue weighted by molar-refractivity contribution is 5.79. The van der Waals surface area contributed by atoms with E-state index in [2.05, 4.69) is 28.4 Å². The van der Waals surface area contributed by atoms with Gasteiger partial charge in [0.25, 0.3) is 0 Å². The number of nitrogens with zero attached hydrogens (tertiary/aromatic N) is 1. The zero-order chi connectivity index (χ0) is 15.4. The minimum atomic E-state index is -0.133. The number of rotatable bonds is 4. The Labute approximate surface area is 132 Å². The Hall–Kier alpha value is -1.39. The highest BCUT2D eigenvalue weighted by atomic mass is 16.5. The molecule has 1 unspecified atom stereocenters. The molecule has 0 spiro atoms. The van der Waals surface area contributed by atoms with Crippen molar-refractivity contribution < 1.29 is 9.53 Å². The van der Waals surface area contributed by atoms with Gasteiger partial charge in [-0.05, 0) is 49.9 Å². The van der Waals surface area contributed by atoms with Gasteiger partial charge in [-0.1, -0.05) is 24.3 Å². The van der Waals surface area contributed by atoms with Gasteiger partial charge in [0.15, 0.2) is 0 Å². The number of piperidine rings is 1. The summed E-state index contributed by atoms with van der Waals surface area (Å²) in [6.45, 7) is 7.40. The summed E-state index contributed by atoms with van der Waals surface area (Å²) in [5.41, 5.74) is 2.43. The van der Waals surface area contributed by atoms with Crippen molar-refractivity contribution in [2.24, 2.45) is 5.92 Å². The van der Waals surface area contributed by atoms with Gasteiger partial charge in [-0.2, -0.15) is 0 Å². The van der Waals surface area contributed by atoms with Gasteiger partial charge in [-0.15, -0.1) is 0 Å². The van der Waals surface area contributed by atoms with Crippen LogP contribution in [0.4, 0.5) is 0 Å². The largest absolute Gasteiger partial charge is 0.465 e. The lowest BCUT2D eigenvalue weighted by molar-refractivity contribution is -0.145. The second-order valence-corrected chi connectivity index (χ2v) is 6.39. The summed E-state index contributed by atoms with van der Waals surface area (Å²) < 4.78 is 5.30. The van der Waals surface area contributed by atoms with Crippen LogP contribution in [0.5, 0.6) is 0 Å². The topological polar surface area (TPSA) is 41.6 Å². The van der Waals surface area contributed by atoms with E-state index in [0.717, 1.165) is 44.2 Å². The van der Waals surface area contributed by atoms with Crippen LogP contribution in [0.25, 0.3) is 0 Å². The third-order valence-corrected chi connectivity index (χ3v) is 4.81. The molecular formula is C18H26N2O2. The molecule has 0 aliphatic carbocycles. The molecule has 3 rings (SSSR count). The van der Waals surface area contributed by atoms with Gasteiger partial charge in [0.05, 0.1) is 12.5 Å². The van der Waals surface area contributed by atoms with Gasteiger partial charge < -0.3 is 10.1 Å². The molecule has 0 radical (unpaired) electrons. The van der Waals surface area contributed by atoms with Crippen LogP contribution >= 0.6 is 0 Å². The average Bonchev–Trinajstić information content (AvgIpc) is 2.55. The molecule has 1 aromatic carbocycles. The van der Waals surface area contributed by atoms with Crippen LogP contribution in [0.1, 0.15) is 36.8 Å². The molecule has 1 atom stereocenters. The minimum absolute atomic E-state index is 0.0787. The van der Waals surface area contributed by atoms with Crippen molar-refractivity contribution in [3.63, 3.8) is 0 Å². The standard InChI is InChI=1S/C18H26N2O2/c1-2-22-18(21)17-13-20(11-14-7-9-19-10-8-14)12-15-5-3-4-6-16(15)17/h3-6,14,17,19H,2,7-13H2,1H3. The van der Waals surface area contributed by atoms with Crippen molar-refractivity contribution in [2.45, 2.75) is 32.2 Å². The predicted octanol–water partition coefficient (Wildman–Crippen LogP) is 2.15. The third kappa shape index (κ3) is 3.50. The number of benzene rings is 1. The van der Waals surface area contributed by atoms with Crippen LogP contribution in [0.3, 0.4) is 0 Å². The number of hydrogen-bond donors (Lipinski definition) is 1. The van der Waals surface area contributed by atoms with Gasteiger partial charge in [0, 0.05) is 19.6 Å². The molecule has 120 valence electrons. The third-order valence-electron chi connectivity index (χ3n) is 4.81. The van der Waals surface area contributed by atoms with Crippen molar-refractivity contribution in [2.75, 3.05) is 32.8 Å². The van der Waals surface area contributed by atoms with Gasteiger partial charge in [0.2, 0.25) is 0 Å². The molecule has 22 heavy (non-hydrogen) atoms. The van der Waals surface area contributed by atoms with Crippen molar-refractivity contribution in [1.82, 2.24) is 10.2 Å². The monoisotopic (exact) mass is 302 g/mol. The molecule has 2 aliphatic heterocycles. The lowest BCUT2D eigenvalue weighted by Crippen LogP contribution is -2.42. The maximum atomic E-state index is 12.3. The van der Waals surface area contributed by atoms with E-state index in [1.165, 1.54) is 18.4 Å². The van der Waals surface area contributed by atoms with E-state index in [9.17, 15) is 4.79 Å². The number of nitrogens with one attached hydrogen (secondary N) is 1. The summed E-state index contributed by atoms with van der Waals surface area (Å²) in [6, 6.07) is 8.32. The average molecular weight is 302 g/mol. The van der Waals surface area contributed by atoms with E-state index < -0.39 is 0 Å². The predicted molar refractivity (Wildman–Crippen MR) is 86.7 cm³/mol. The Kier molecular flexibility index (Phi) is 5.11. The van der Waals surface area contributed by atoms with Crippen LogP contribution in [0, 0.1) is 5.92 Å². The van der Waals surface area contributed by atoms with Crippen LogP contribution in [0.15, 0.2) is 24.3 Å². The number of hydrogen-bond acceptors (Lipinski definition) is 4. The molecule has 1 fully saturated rings. The summed E-state index contributed by atoms with van der Waals surface area (Å²) >= 11 is 0. The number of ether oxygens (including phenoxy) is 1. The quantitative estimate of drug-likeness (QED) is 0.865. The lowest BCUT2D eigenvalue weighted by Gasteiger charge is -2.36. The molecule has 1 N–H and O–H groups in total. The molecule has 4 nitrogen and oxygen atoms in total. The fourth-order valence-corrected chi connectivity index (χ4v) is 3.69. The van der Waals surface area contributed by atoms with Crippen molar-refractivity contribution in [1.29, 1.82) is 0 Å². The number of carbonyl (C=O) groups excluding carboxylic acids is 1. The molecule has 0 aromatic heterocycles. The van der Waals surface area contributed by atoms with Crippen molar-refractivity contribution >= 4 is 5.97 Å². The van der Waals surface area contributed by atoms with E-state index in [4.69, 9.17) is 4.74 Å². The second-order valence-electron chi connectivity index (χ2n) is 6.39. The number of fused-ring (bicyclic) bond motifs is 1. The molecular weight excluding hydrogens is 276 g/mol. The Morgan fingerprint density at radius 1 is 1.32 bits per heavy atom. The van der Waals surface area contributed by atoms with Crippen molar-refractivity contribution in [3.8, 4) is 0 Å². The Bertz CT molecular complexity index is 512. The Morgan fingerprint density at radius 2 is 2.09 bits per heavy atom. The summed E-state index contributed by atoms with van der Waals surface area (Å²) in [7, 11) is 0.